The Bertz CT molecular complexity index is 1040. The molecule has 3 aromatic rings. The maximum absolute atomic E-state index is 12.7. The molecule has 0 atom stereocenters. The van der Waals surface area contributed by atoms with Crippen LogP contribution in [0.15, 0.2) is 34.0 Å². The van der Waals surface area contributed by atoms with Crippen LogP contribution in [0, 0.1) is 0 Å². The summed E-state index contributed by atoms with van der Waals surface area (Å²) >= 11 is 0. The first-order valence-electron chi connectivity index (χ1n) is 9.17. The highest BCUT2D eigenvalue weighted by Crippen LogP contribution is 2.21. The Hall–Kier alpha value is -3.56. The smallest absolute Gasteiger partial charge is 0.293 e. The second-order valence-electron chi connectivity index (χ2n) is 6.53. The molecule has 0 saturated carbocycles. The number of aryl methyl sites for hydroxylation is 1. The molecule has 28 heavy (non-hydrogen) atoms. The van der Waals surface area contributed by atoms with Crippen molar-refractivity contribution >= 4 is 17.4 Å². The molecule has 0 radical (unpaired) electrons. The first kappa shape index (κ1) is 17.8. The predicted octanol–water partition coefficient (Wildman–Crippen LogP) is 1.66. The van der Waals surface area contributed by atoms with Crippen LogP contribution in [-0.2, 0) is 12.8 Å². The topological polar surface area (TPSA) is 137 Å². The number of nitrogens with zero attached hydrogens (tertiary/aromatic N) is 6. The molecule has 0 bridgehead atoms. The lowest BCUT2D eigenvalue weighted by molar-refractivity contribution is 0.0948. The summed E-state index contributed by atoms with van der Waals surface area (Å²) < 4.78 is 6.01. The number of fused-ring (bicyclic) bond motifs is 1. The summed E-state index contributed by atoms with van der Waals surface area (Å²) in [5, 5.41) is 19.7. The van der Waals surface area contributed by atoms with Gasteiger partial charge in [0.2, 0.25) is 11.6 Å². The number of nitrogen functional groups attached to an aromatic ring is 1. The first-order valence-corrected chi connectivity index (χ1v) is 9.17. The molecule has 1 aliphatic rings. The summed E-state index contributed by atoms with van der Waals surface area (Å²) in [5.41, 5.74) is 12.3. The van der Waals surface area contributed by atoms with Crippen molar-refractivity contribution in [2.75, 3.05) is 5.73 Å². The standard InChI is InChI=1S/C18H20N8O2/c1-2-6-14-15(21-25-26(14)17-16(19)23-28-24-17)18(27)22-20-13-10-5-8-11-7-3-4-9-12(11)13/h3-4,7,9H,2,5-6,8,10H2,1H3,(H2,19,23)(H,22,27)/b20-13+. The van der Waals surface area contributed by atoms with Crippen molar-refractivity contribution in [3.8, 4) is 5.82 Å². The zero-order valence-corrected chi connectivity index (χ0v) is 15.4. The predicted molar refractivity (Wildman–Crippen MR) is 101 cm³/mol. The summed E-state index contributed by atoms with van der Waals surface area (Å²) in [6.45, 7) is 1.99. The zero-order chi connectivity index (χ0) is 19.5. The van der Waals surface area contributed by atoms with Crippen LogP contribution in [0.3, 0.4) is 0 Å². The number of benzene rings is 1. The van der Waals surface area contributed by atoms with Crippen LogP contribution in [-0.4, -0.2) is 36.9 Å². The van der Waals surface area contributed by atoms with Crippen molar-refractivity contribution in [1.82, 2.24) is 30.7 Å². The Kier molecular flexibility index (Phi) is 4.83. The highest BCUT2D eigenvalue weighted by atomic mass is 16.6. The summed E-state index contributed by atoms with van der Waals surface area (Å²) in [7, 11) is 0. The lowest BCUT2D eigenvalue weighted by atomic mass is 9.90. The summed E-state index contributed by atoms with van der Waals surface area (Å²) in [4.78, 5) is 12.7. The van der Waals surface area contributed by atoms with Gasteiger partial charge in [-0.25, -0.2) is 10.1 Å². The first-order chi connectivity index (χ1) is 13.7. The molecular formula is C18H20N8O2. The quantitative estimate of drug-likeness (QED) is 0.642. The van der Waals surface area contributed by atoms with Gasteiger partial charge >= 0.3 is 0 Å². The summed E-state index contributed by atoms with van der Waals surface area (Å²) in [6, 6.07) is 8.11. The normalized spacial score (nSPS) is 14.8. The number of anilines is 1. The van der Waals surface area contributed by atoms with Crippen LogP contribution in [0.4, 0.5) is 5.82 Å². The molecule has 0 aliphatic heterocycles. The van der Waals surface area contributed by atoms with Gasteiger partial charge in [-0.15, -0.1) is 5.10 Å². The van der Waals surface area contributed by atoms with E-state index < -0.39 is 5.91 Å². The summed E-state index contributed by atoms with van der Waals surface area (Å²) in [5.74, 6) is -0.143. The van der Waals surface area contributed by atoms with Gasteiger partial charge in [-0.05, 0) is 41.6 Å². The number of carbonyl (C=O) groups is 1. The van der Waals surface area contributed by atoms with Crippen LogP contribution in [0.1, 0.15) is 53.5 Å². The van der Waals surface area contributed by atoms with E-state index in [4.69, 9.17) is 5.73 Å². The molecule has 144 valence electrons. The van der Waals surface area contributed by atoms with Gasteiger partial charge in [0.1, 0.15) is 0 Å². The van der Waals surface area contributed by atoms with Gasteiger partial charge < -0.3 is 5.73 Å². The molecular weight excluding hydrogens is 360 g/mol. The number of hydrogen-bond acceptors (Lipinski definition) is 8. The number of hydrazone groups is 1. The molecule has 10 heteroatoms. The van der Waals surface area contributed by atoms with Crippen LogP contribution >= 0.6 is 0 Å². The second kappa shape index (κ2) is 7.59. The van der Waals surface area contributed by atoms with E-state index in [9.17, 15) is 4.79 Å². The van der Waals surface area contributed by atoms with Crippen LogP contribution in [0.2, 0.25) is 0 Å². The Morgan fingerprint density at radius 1 is 1.32 bits per heavy atom. The van der Waals surface area contributed by atoms with E-state index in [1.54, 1.807) is 0 Å². The number of hydrogen-bond donors (Lipinski definition) is 2. The minimum Gasteiger partial charge on any atom is -0.378 e. The minimum absolute atomic E-state index is 0.0771. The fraction of sp³-hybridized carbons (Fsp3) is 0.333. The Labute approximate surface area is 160 Å². The van der Waals surface area contributed by atoms with E-state index in [1.807, 2.05) is 25.1 Å². The highest BCUT2D eigenvalue weighted by Gasteiger charge is 2.23. The van der Waals surface area contributed by atoms with Crippen LogP contribution in [0.25, 0.3) is 5.82 Å². The van der Waals surface area contributed by atoms with Gasteiger partial charge in [0.15, 0.2) is 5.69 Å². The maximum atomic E-state index is 12.7. The largest absolute Gasteiger partial charge is 0.378 e. The molecule has 1 aromatic carbocycles. The molecule has 0 spiro atoms. The third-order valence-electron chi connectivity index (χ3n) is 4.64. The average Bonchev–Trinajstić information content (AvgIpc) is 3.32. The van der Waals surface area contributed by atoms with Crippen LogP contribution < -0.4 is 11.2 Å². The molecule has 2 aromatic heterocycles. The van der Waals surface area contributed by atoms with Crippen molar-refractivity contribution in [3.05, 3.63) is 46.8 Å². The van der Waals surface area contributed by atoms with Crippen molar-refractivity contribution in [2.45, 2.75) is 39.0 Å². The third-order valence-corrected chi connectivity index (χ3v) is 4.64. The number of carbonyl (C=O) groups excluding carboxylic acids is 1. The van der Waals surface area contributed by atoms with E-state index in [2.05, 4.69) is 41.8 Å². The highest BCUT2D eigenvalue weighted by molar-refractivity contribution is 6.03. The third kappa shape index (κ3) is 3.24. The number of rotatable bonds is 5. The fourth-order valence-electron chi connectivity index (χ4n) is 3.34. The lowest BCUT2D eigenvalue weighted by Gasteiger charge is -2.17. The fourth-order valence-corrected chi connectivity index (χ4v) is 3.34. The maximum Gasteiger partial charge on any atom is 0.293 e. The number of nitrogens with one attached hydrogen (secondary N) is 1. The van der Waals surface area contributed by atoms with Crippen LogP contribution in [0.5, 0.6) is 0 Å². The van der Waals surface area contributed by atoms with Gasteiger partial charge in [0.25, 0.3) is 5.91 Å². The van der Waals surface area contributed by atoms with E-state index in [0.29, 0.717) is 12.1 Å². The number of amides is 1. The van der Waals surface area contributed by atoms with Gasteiger partial charge in [0, 0.05) is 5.56 Å². The molecule has 2 heterocycles. The molecule has 1 aliphatic carbocycles. The lowest BCUT2D eigenvalue weighted by Crippen LogP contribution is -2.23. The molecule has 0 unspecified atom stereocenters. The molecule has 0 fully saturated rings. The molecule has 10 nitrogen and oxygen atoms in total. The monoisotopic (exact) mass is 380 g/mol. The average molecular weight is 380 g/mol. The van der Waals surface area contributed by atoms with Crippen molar-refractivity contribution in [2.24, 2.45) is 5.10 Å². The van der Waals surface area contributed by atoms with Crippen molar-refractivity contribution in [1.29, 1.82) is 0 Å². The van der Waals surface area contributed by atoms with Gasteiger partial charge in [-0.3, -0.25) is 4.79 Å². The zero-order valence-electron chi connectivity index (χ0n) is 15.4. The van der Waals surface area contributed by atoms with Gasteiger partial charge in [-0.2, -0.15) is 9.78 Å². The van der Waals surface area contributed by atoms with E-state index in [0.717, 1.165) is 37.0 Å². The molecule has 4 rings (SSSR count). The Morgan fingerprint density at radius 2 is 2.18 bits per heavy atom. The SMILES string of the molecule is CCCc1c(C(=O)N/N=C2\CCCc3ccccc32)nnn1-c1nonc1N. The van der Waals surface area contributed by atoms with E-state index in [1.165, 1.54) is 10.2 Å². The van der Waals surface area contributed by atoms with E-state index in [-0.39, 0.29) is 17.3 Å². The molecule has 1 amide bonds. The molecule has 3 N–H and O–H groups in total. The van der Waals surface area contributed by atoms with Gasteiger partial charge in [0.05, 0.1) is 11.4 Å². The Morgan fingerprint density at radius 3 is 2.96 bits per heavy atom. The van der Waals surface area contributed by atoms with Gasteiger partial charge in [-0.1, -0.05) is 42.8 Å². The number of nitrogens with two attached hydrogens (primary N) is 1. The molecule has 0 saturated heterocycles. The minimum atomic E-state index is -0.430. The summed E-state index contributed by atoms with van der Waals surface area (Å²) in [6.07, 6.45) is 4.17. The number of aromatic nitrogens is 5. The van der Waals surface area contributed by atoms with Crippen molar-refractivity contribution in [3.63, 3.8) is 0 Å². The second-order valence-corrected chi connectivity index (χ2v) is 6.53. The van der Waals surface area contributed by atoms with E-state index >= 15 is 0 Å². The Balaban J connectivity index is 1.61. The van der Waals surface area contributed by atoms with Crippen molar-refractivity contribution < 1.29 is 9.42 Å².